The second-order valence-electron chi connectivity index (χ2n) is 5.31. The van der Waals surface area contributed by atoms with E-state index in [0.717, 1.165) is 12.5 Å². The van der Waals surface area contributed by atoms with Gasteiger partial charge in [-0.3, -0.25) is 4.98 Å². The predicted molar refractivity (Wildman–Crippen MR) is 72.3 cm³/mol. The van der Waals surface area contributed by atoms with Gasteiger partial charge in [0.05, 0.1) is 0 Å². The smallest absolute Gasteiger partial charge is 0.0400 e. The van der Waals surface area contributed by atoms with Gasteiger partial charge < -0.3 is 10.2 Å². The molecule has 3 heteroatoms. The molecule has 0 amide bonds. The van der Waals surface area contributed by atoms with Crippen LogP contribution in [0.4, 0.5) is 5.69 Å². The van der Waals surface area contributed by atoms with Crippen LogP contribution in [-0.4, -0.2) is 35.6 Å². The number of anilines is 1. The monoisotopic (exact) mass is 233 g/mol. The Balaban J connectivity index is 1.82. The van der Waals surface area contributed by atoms with Gasteiger partial charge in [0.15, 0.2) is 0 Å². The minimum absolute atomic E-state index is 0.683. The van der Waals surface area contributed by atoms with Crippen molar-refractivity contribution < 1.29 is 0 Å². The number of likely N-dealkylation sites (tertiary alicyclic amines) is 1. The molecule has 2 heterocycles. The summed E-state index contributed by atoms with van der Waals surface area (Å²) in [6.45, 7) is 10.2. The zero-order chi connectivity index (χ0) is 12.3. The van der Waals surface area contributed by atoms with Crippen LogP contribution in [0.3, 0.4) is 0 Å². The largest absolute Gasteiger partial charge is 0.384 e. The molecule has 1 aliphatic rings. The van der Waals surface area contributed by atoms with E-state index >= 15 is 0 Å². The van der Waals surface area contributed by atoms with E-state index in [1.165, 1.54) is 30.8 Å². The molecule has 1 saturated heterocycles. The Labute approximate surface area is 104 Å². The molecule has 0 spiro atoms. The summed E-state index contributed by atoms with van der Waals surface area (Å²) in [6, 6.07) is 2.74. The van der Waals surface area contributed by atoms with Gasteiger partial charge in [-0.05, 0) is 51.3 Å². The van der Waals surface area contributed by atoms with E-state index in [9.17, 15) is 0 Å². The lowest BCUT2D eigenvalue weighted by Gasteiger charge is -2.20. The van der Waals surface area contributed by atoms with E-state index in [1.54, 1.807) is 0 Å². The van der Waals surface area contributed by atoms with Crippen LogP contribution in [0.2, 0.25) is 0 Å². The van der Waals surface area contributed by atoms with Crippen molar-refractivity contribution in [1.82, 2.24) is 9.88 Å². The summed E-state index contributed by atoms with van der Waals surface area (Å²) in [7, 11) is 0. The van der Waals surface area contributed by atoms with Crippen molar-refractivity contribution in [3.8, 4) is 0 Å². The van der Waals surface area contributed by atoms with E-state index in [-0.39, 0.29) is 0 Å². The zero-order valence-electron chi connectivity index (χ0n) is 11.1. The summed E-state index contributed by atoms with van der Waals surface area (Å²) in [4.78, 5) is 6.67. The highest BCUT2D eigenvalue weighted by atomic mass is 15.2. The number of nitrogens with one attached hydrogen (secondary N) is 1. The van der Waals surface area contributed by atoms with Crippen molar-refractivity contribution in [2.45, 2.75) is 33.2 Å². The average Bonchev–Trinajstić information content (AvgIpc) is 2.77. The number of aryl methyl sites for hydroxylation is 1. The van der Waals surface area contributed by atoms with E-state index in [0.29, 0.717) is 6.04 Å². The molecule has 0 radical (unpaired) electrons. The molecule has 1 aliphatic heterocycles. The molecule has 3 nitrogen and oxygen atoms in total. The summed E-state index contributed by atoms with van der Waals surface area (Å²) in [6.07, 6.45) is 5.08. The molecule has 1 fully saturated rings. The Morgan fingerprint density at radius 1 is 1.53 bits per heavy atom. The van der Waals surface area contributed by atoms with E-state index in [1.807, 2.05) is 12.4 Å². The molecule has 0 aliphatic carbocycles. The second-order valence-corrected chi connectivity index (χ2v) is 5.31. The first-order valence-corrected chi connectivity index (χ1v) is 6.55. The first-order valence-electron chi connectivity index (χ1n) is 6.55. The number of hydrogen-bond acceptors (Lipinski definition) is 3. The Hall–Kier alpha value is -1.09. The summed E-state index contributed by atoms with van der Waals surface area (Å²) >= 11 is 0. The minimum atomic E-state index is 0.683. The van der Waals surface area contributed by atoms with Crippen LogP contribution in [-0.2, 0) is 0 Å². The summed E-state index contributed by atoms with van der Waals surface area (Å²) < 4.78 is 0. The van der Waals surface area contributed by atoms with Crippen molar-refractivity contribution in [2.24, 2.45) is 5.92 Å². The molecule has 17 heavy (non-hydrogen) atoms. The molecular formula is C14H23N3. The maximum atomic E-state index is 4.11. The van der Waals surface area contributed by atoms with Crippen LogP contribution < -0.4 is 5.32 Å². The van der Waals surface area contributed by atoms with Gasteiger partial charge >= 0.3 is 0 Å². The van der Waals surface area contributed by atoms with Crippen LogP contribution in [0.15, 0.2) is 18.5 Å². The number of aromatic nitrogens is 1. The van der Waals surface area contributed by atoms with E-state index in [2.05, 4.69) is 42.0 Å². The van der Waals surface area contributed by atoms with Crippen molar-refractivity contribution in [1.29, 1.82) is 0 Å². The molecule has 1 aromatic heterocycles. The maximum absolute atomic E-state index is 4.11. The topological polar surface area (TPSA) is 28.2 Å². The van der Waals surface area contributed by atoms with Crippen LogP contribution in [0.1, 0.15) is 25.8 Å². The van der Waals surface area contributed by atoms with Gasteiger partial charge in [0.25, 0.3) is 0 Å². The molecule has 0 saturated carbocycles. The quantitative estimate of drug-likeness (QED) is 0.866. The first kappa shape index (κ1) is 12.4. The van der Waals surface area contributed by atoms with Crippen LogP contribution >= 0.6 is 0 Å². The van der Waals surface area contributed by atoms with Crippen molar-refractivity contribution in [3.05, 3.63) is 24.0 Å². The third-order valence-corrected chi connectivity index (χ3v) is 3.65. The highest BCUT2D eigenvalue weighted by molar-refractivity contribution is 5.48. The number of pyridine rings is 1. The Morgan fingerprint density at radius 2 is 2.35 bits per heavy atom. The average molecular weight is 233 g/mol. The maximum Gasteiger partial charge on any atom is 0.0400 e. The molecule has 0 aromatic carbocycles. The zero-order valence-corrected chi connectivity index (χ0v) is 11.1. The van der Waals surface area contributed by atoms with Gasteiger partial charge in [0, 0.05) is 37.2 Å². The summed E-state index contributed by atoms with van der Waals surface area (Å²) in [5, 5.41) is 3.55. The van der Waals surface area contributed by atoms with Gasteiger partial charge in [-0.15, -0.1) is 0 Å². The lowest BCUT2D eigenvalue weighted by molar-refractivity contribution is 0.266. The Kier molecular flexibility index (Phi) is 4.00. The molecule has 2 rings (SSSR count). The van der Waals surface area contributed by atoms with Gasteiger partial charge in [-0.2, -0.15) is 0 Å². The lowest BCUT2D eigenvalue weighted by Crippen LogP contribution is -2.29. The predicted octanol–water partition coefficient (Wildman–Crippen LogP) is 2.53. The van der Waals surface area contributed by atoms with Gasteiger partial charge in [-0.1, -0.05) is 0 Å². The van der Waals surface area contributed by atoms with E-state index < -0.39 is 0 Å². The third kappa shape index (κ3) is 3.19. The molecular weight excluding hydrogens is 210 g/mol. The highest BCUT2D eigenvalue weighted by Crippen LogP contribution is 2.20. The van der Waals surface area contributed by atoms with Crippen LogP contribution in [0.25, 0.3) is 0 Å². The van der Waals surface area contributed by atoms with Crippen molar-refractivity contribution in [3.63, 3.8) is 0 Å². The van der Waals surface area contributed by atoms with Crippen molar-refractivity contribution >= 4 is 5.69 Å². The third-order valence-electron chi connectivity index (χ3n) is 3.65. The molecule has 1 unspecified atom stereocenters. The number of rotatable bonds is 4. The minimum Gasteiger partial charge on any atom is -0.384 e. The summed E-state index contributed by atoms with van der Waals surface area (Å²) in [5.74, 6) is 0.782. The van der Waals surface area contributed by atoms with Gasteiger partial charge in [0.1, 0.15) is 0 Å². The summed E-state index contributed by atoms with van der Waals surface area (Å²) in [5.41, 5.74) is 2.45. The lowest BCUT2D eigenvalue weighted by atomic mass is 10.1. The second kappa shape index (κ2) is 5.50. The fourth-order valence-electron chi connectivity index (χ4n) is 2.42. The normalized spacial score (nSPS) is 21.1. The van der Waals surface area contributed by atoms with E-state index in [4.69, 9.17) is 0 Å². The molecule has 0 bridgehead atoms. The number of hydrogen-bond donors (Lipinski definition) is 1. The van der Waals surface area contributed by atoms with Crippen LogP contribution in [0, 0.1) is 12.8 Å². The highest BCUT2D eigenvalue weighted by Gasteiger charge is 2.23. The Morgan fingerprint density at radius 3 is 3.00 bits per heavy atom. The standard InChI is InChI=1S/C14H23N3/c1-11(2)17-7-5-13(10-17)9-16-14-4-6-15-8-12(14)3/h4,6,8,11,13H,5,7,9-10H2,1-3H3,(H,15,16). The first-order chi connectivity index (χ1) is 8.16. The molecule has 1 N–H and O–H groups in total. The van der Waals surface area contributed by atoms with Gasteiger partial charge in [0.2, 0.25) is 0 Å². The number of nitrogens with zero attached hydrogens (tertiary/aromatic N) is 2. The SMILES string of the molecule is Cc1cnccc1NCC1CCN(C(C)C)C1. The van der Waals surface area contributed by atoms with Crippen molar-refractivity contribution in [2.75, 3.05) is 25.0 Å². The molecule has 1 atom stereocenters. The molecule has 94 valence electrons. The van der Waals surface area contributed by atoms with Gasteiger partial charge in [-0.25, -0.2) is 0 Å². The fourth-order valence-corrected chi connectivity index (χ4v) is 2.42. The molecule has 1 aromatic rings. The Bertz CT molecular complexity index is 362. The fraction of sp³-hybridized carbons (Fsp3) is 0.643. The van der Waals surface area contributed by atoms with Crippen LogP contribution in [0.5, 0.6) is 0 Å².